The van der Waals surface area contributed by atoms with Crippen molar-refractivity contribution in [2.24, 2.45) is 4.99 Å². The first-order valence-corrected chi connectivity index (χ1v) is 8.31. The second-order valence-corrected chi connectivity index (χ2v) is 6.60. The van der Waals surface area contributed by atoms with Crippen LogP contribution in [0.25, 0.3) is 0 Å². The van der Waals surface area contributed by atoms with Crippen molar-refractivity contribution in [3.63, 3.8) is 0 Å². The van der Waals surface area contributed by atoms with Crippen molar-refractivity contribution in [1.82, 2.24) is 0 Å². The monoisotopic (exact) mass is 319 g/mol. The minimum atomic E-state index is 0.278. The Hall–Kier alpha value is -1.57. The Labute approximate surface area is 120 Å². The van der Waals surface area contributed by atoms with Gasteiger partial charge >= 0.3 is 120 Å². The van der Waals surface area contributed by atoms with Crippen molar-refractivity contribution in [1.29, 1.82) is 0 Å². The van der Waals surface area contributed by atoms with E-state index in [1.165, 1.54) is 4.46 Å². The van der Waals surface area contributed by atoms with Gasteiger partial charge in [0.25, 0.3) is 0 Å². The molecule has 0 bridgehead atoms. The van der Waals surface area contributed by atoms with Crippen molar-refractivity contribution in [3.05, 3.63) is 60.2 Å². The van der Waals surface area contributed by atoms with Crippen LogP contribution in [0.3, 0.4) is 0 Å². The van der Waals surface area contributed by atoms with Gasteiger partial charge in [-0.25, -0.2) is 0 Å². The van der Waals surface area contributed by atoms with E-state index in [0.717, 1.165) is 10.9 Å². The van der Waals surface area contributed by atoms with Crippen LogP contribution in [-0.4, -0.2) is 32.3 Å². The summed E-state index contributed by atoms with van der Waals surface area (Å²) in [7, 11) is 0. The molecule has 0 spiro atoms. The SMILES string of the molecule is CC(C[Se]c1ccccc1)N=Cc1ccccc1O. The zero-order valence-electron chi connectivity index (χ0n) is 10.9. The summed E-state index contributed by atoms with van der Waals surface area (Å²) in [6.07, 6.45) is 1.76. The quantitative estimate of drug-likeness (QED) is 0.667. The molecule has 19 heavy (non-hydrogen) atoms. The molecule has 0 radical (unpaired) electrons. The Morgan fingerprint density at radius 1 is 1.11 bits per heavy atom. The molecule has 2 nitrogen and oxygen atoms in total. The molecular weight excluding hydrogens is 301 g/mol. The molecule has 2 rings (SSSR count). The molecule has 0 fully saturated rings. The molecule has 0 saturated carbocycles. The topological polar surface area (TPSA) is 32.6 Å². The van der Waals surface area contributed by atoms with Crippen molar-refractivity contribution >= 4 is 25.6 Å². The van der Waals surface area contributed by atoms with Crippen LogP contribution in [0.5, 0.6) is 5.75 Å². The van der Waals surface area contributed by atoms with E-state index in [-0.39, 0.29) is 11.8 Å². The number of para-hydroxylation sites is 1. The van der Waals surface area contributed by atoms with E-state index < -0.39 is 0 Å². The van der Waals surface area contributed by atoms with Gasteiger partial charge in [-0.15, -0.1) is 0 Å². The Kier molecular flexibility index (Phi) is 5.19. The molecule has 0 aromatic heterocycles. The van der Waals surface area contributed by atoms with Crippen LogP contribution in [0.4, 0.5) is 0 Å². The first-order valence-electron chi connectivity index (χ1n) is 6.25. The van der Waals surface area contributed by atoms with Crippen molar-refractivity contribution in [2.75, 3.05) is 0 Å². The van der Waals surface area contributed by atoms with Crippen molar-refractivity contribution < 1.29 is 5.11 Å². The Morgan fingerprint density at radius 2 is 1.79 bits per heavy atom. The first-order chi connectivity index (χ1) is 9.25. The Morgan fingerprint density at radius 3 is 2.53 bits per heavy atom. The van der Waals surface area contributed by atoms with E-state index in [1.54, 1.807) is 12.3 Å². The number of hydrogen-bond acceptors (Lipinski definition) is 2. The number of benzene rings is 2. The maximum atomic E-state index is 9.64. The average Bonchev–Trinajstić information content (AvgIpc) is 2.45. The maximum absolute atomic E-state index is 9.64. The Balaban J connectivity index is 1.88. The molecule has 1 N–H and O–H groups in total. The summed E-state index contributed by atoms with van der Waals surface area (Å²) in [6.45, 7) is 2.11. The fourth-order valence-electron chi connectivity index (χ4n) is 1.58. The molecule has 0 aliphatic carbocycles. The van der Waals surface area contributed by atoms with Crippen molar-refractivity contribution in [3.8, 4) is 5.75 Å². The Bertz CT molecular complexity index is 539. The fourth-order valence-corrected chi connectivity index (χ4v) is 3.40. The number of rotatable bonds is 5. The van der Waals surface area contributed by atoms with Crippen LogP contribution >= 0.6 is 0 Å². The molecule has 0 aliphatic heterocycles. The van der Waals surface area contributed by atoms with E-state index in [1.807, 2.05) is 24.3 Å². The summed E-state index contributed by atoms with van der Waals surface area (Å²) in [5.41, 5.74) is 0.779. The third-order valence-electron chi connectivity index (χ3n) is 2.64. The minimum absolute atomic E-state index is 0.278. The van der Waals surface area contributed by atoms with Gasteiger partial charge < -0.3 is 0 Å². The third-order valence-corrected chi connectivity index (χ3v) is 5.27. The number of phenols is 1. The van der Waals surface area contributed by atoms with Gasteiger partial charge in [-0.2, -0.15) is 0 Å². The van der Waals surface area contributed by atoms with Gasteiger partial charge in [-0.1, -0.05) is 0 Å². The van der Waals surface area contributed by atoms with Gasteiger partial charge in [-0.05, 0) is 0 Å². The van der Waals surface area contributed by atoms with Gasteiger partial charge in [0.05, 0.1) is 0 Å². The molecular formula is C16H17NOSe. The predicted molar refractivity (Wildman–Crippen MR) is 81.8 cm³/mol. The fraction of sp³-hybridized carbons (Fsp3) is 0.188. The number of aliphatic imine (C=N–C) groups is 1. The predicted octanol–water partition coefficient (Wildman–Crippen LogP) is 2.65. The van der Waals surface area contributed by atoms with Crippen LogP contribution < -0.4 is 4.46 Å². The van der Waals surface area contributed by atoms with Crippen LogP contribution in [0, 0.1) is 0 Å². The first kappa shape index (κ1) is 13.9. The van der Waals surface area contributed by atoms with Crippen LogP contribution in [0.15, 0.2) is 59.6 Å². The number of nitrogens with zero attached hydrogens (tertiary/aromatic N) is 1. The van der Waals surface area contributed by atoms with E-state index in [9.17, 15) is 5.11 Å². The molecule has 98 valence electrons. The summed E-state index contributed by atoms with van der Waals surface area (Å²) < 4.78 is 1.40. The van der Waals surface area contributed by atoms with E-state index in [0.29, 0.717) is 15.0 Å². The van der Waals surface area contributed by atoms with Crippen LogP contribution in [-0.2, 0) is 0 Å². The molecule has 0 heterocycles. The number of aromatic hydroxyl groups is 1. The van der Waals surface area contributed by atoms with Crippen LogP contribution in [0.1, 0.15) is 12.5 Å². The zero-order valence-corrected chi connectivity index (χ0v) is 12.6. The van der Waals surface area contributed by atoms with Gasteiger partial charge in [0, 0.05) is 0 Å². The molecule has 1 unspecified atom stereocenters. The number of hydrogen-bond donors (Lipinski definition) is 1. The summed E-state index contributed by atoms with van der Waals surface area (Å²) in [5.74, 6) is 0.284. The normalized spacial score (nSPS) is 12.7. The second-order valence-electron chi connectivity index (χ2n) is 4.31. The molecule has 0 saturated heterocycles. The summed E-state index contributed by atoms with van der Waals surface area (Å²) in [6, 6.07) is 18.1. The number of phenolic OH excluding ortho intramolecular Hbond substituents is 1. The molecule has 0 aliphatic rings. The summed E-state index contributed by atoms with van der Waals surface area (Å²) in [4.78, 5) is 4.50. The van der Waals surface area contributed by atoms with E-state index >= 15 is 0 Å². The average molecular weight is 318 g/mol. The summed E-state index contributed by atoms with van der Waals surface area (Å²) >= 11 is 0.455. The molecule has 2 aromatic rings. The second kappa shape index (κ2) is 7.13. The van der Waals surface area contributed by atoms with Gasteiger partial charge in [-0.3, -0.25) is 0 Å². The summed E-state index contributed by atoms with van der Waals surface area (Å²) in [5, 5.41) is 10.7. The zero-order chi connectivity index (χ0) is 13.5. The third kappa shape index (κ3) is 4.55. The van der Waals surface area contributed by atoms with Gasteiger partial charge in [0.2, 0.25) is 0 Å². The van der Waals surface area contributed by atoms with Crippen LogP contribution in [0.2, 0.25) is 5.32 Å². The molecule has 2 aromatic carbocycles. The molecule has 1 atom stereocenters. The van der Waals surface area contributed by atoms with Crippen molar-refractivity contribution in [2.45, 2.75) is 18.3 Å². The van der Waals surface area contributed by atoms with E-state index in [2.05, 4.69) is 36.2 Å². The van der Waals surface area contributed by atoms with Gasteiger partial charge in [0.1, 0.15) is 0 Å². The molecule has 3 heteroatoms. The van der Waals surface area contributed by atoms with E-state index in [4.69, 9.17) is 0 Å². The molecule has 0 amide bonds. The standard InChI is InChI=1S/C16H17NOSe/c1-13(12-19-15-8-3-2-4-9-15)17-11-14-7-5-6-10-16(14)18/h2-11,13,18H,12H2,1H3. The van der Waals surface area contributed by atoms with Gasteiger partial charge in [0.15, 0.2) is 0 Å².